The lowest BCUT2D eigenvalue weighted by Gasteiger charge is -2.27. The van der Waals surface area contributed by atoms with Crippen LogP contribution in [0.4, 0.5) is 0 Å². The summed E-state index contributed by atoms with van der Waals surface area (Å²) in [5.41, 5.74) is 0.321. The molecule has 2 rings (SSSR count). The van der Waals surface area contributed by atoms with Crippen molar-refractivity contribution in [2.45, 2.75) is 38.1 Å². The molecule has 0 bridgehead atoms. The van der Waals surface area contributed by atoms with Gasteiger partial charge in [-0.05, 0) is 40.8 Å². The van der Waals surface area contributed by atoms with Gasteiger partial charge in [0.05, 0.1) is 11.8 Å². The van der Waals surface area contributed by atoms with Gasteiger partial charge in [0.15, 0.2) is 4.67 Å². The molecule has 1 amide bonds. The summed E-state index contributed by atoms with van der Waals surface area (Å²) in [6.45, 7) is 0. The van der Waals surface area contributed by atoms with Gasteiger partial charge in [0, 0.05) is 0 Å². The van der Waals surface area contributed by atoms with Crippen molar-refractivity contribution in [1.29, 1.82) is 0 Å². The zero-order valence-corrected chi connectivity index (χ0v) is 12.0. The molecule has 1 aliphatic rings. The van der Waals surface area contributed by atoms with Crippen molar-refractivity contribution < 1.29 is 19.1 Å². The summed E-state index contributed by atoms with van der Waals surface area (Å²) in [5, 5.41) is 11.9. The maximum atomic E-state index is 12.0. The fraction of sp³-hybridized carbons (Fsp3) is 0.538. The number of nitrogens with one attached hydrogen (secondary N) is 1. The standard InChI is InChI=1S/C13H16BrNO4/c14-11-9(6-7-19-11)12(16)15-10(13(17)18)8-4-2-1-3-5-8/h6-8,10H,1-5H2,(H,15,16)(H,17,18). The molecule has 1 fully saturated rings. The summed E-state index contributed by atoms with van der Waals surface area (Å²) in [6.07, 6.45) is 6.28. The molecule has 1 heterocycles. The molecule has 1 saturated carbocycles. The van der Waals surface area contributed by atoms with Crippen LogP contribution < -0.4 is 5.32 Å². The number of carbonyl (C=O) groups excluding carboxylic acids is 1. The average molecular weight is 330 g/mol. The van der Waals surface area contributed by atoms with Crippen LogP contribution in [0.15, 0.2) is 21.4 Å². The van der Waals surface area contributed by atoms with Gasteiger partial charge in [0.1, 0.15) is 6.04 Å². The quantitative estimate of drug-likeness (QED) is 0.890. The van der Waals surface area contributed by atoms with Gasteiger partial charge < -0.3 is 14.8 Å². The first-order valence-electron chi connectivity index (χ1n) is 6.36. The monoisotopic (exact) mass is 329 g/mol. The first kappa shape index (κ1) is 14.1. The first-order valence-corrected chi connectivity index (χ1v) is 7.15. The number of aliphatic carboxylic acids is 1. The summed E-state index contributed by atoms with van der Waals surface area (Å²) in [4.78, 5) is 23.4. The molecule has 1 aliphatic carbocycles. The van der Waals surface area contributed by atoms with Gasteiger partial charge in [0.25, 0.3) is 5.91 Å². The van der Waals surface area contributed by atoms with E-state index >= 15 is 0 Å². The molecule has 5 nitrogen and oxygen atoms in total. The van der Waals surface area contributed by atoms with Crippen molar-refractivity contribution in [3.63, 3.8) is 0 Å². The molecule has 1 unspecified atom stereocenters. The number of rotatable bonds is 4. The Labute approximate surface area is 119 Å². The van der Waals surface area contributed by atoms with Gasteiger partial charge in [0.2, 0.25) is 0 Å². The van der Waals surface area contributed by atoms with E-state index in [9.17, 15) is 14.7 Å². The SMILES string of the molecule is O=C(NC(C(=O)O)C1CCCCC1)c1ccoc1Br. The number of hydrogen-bond acceptors (Lipinski definition) is 3. The highest BCUT2D eigenvalue weighted by Gasteiger charge is 2.31. The van der Waals surface area contributed by atoms with E-state index in [-0.39, 0.29) is 5.92 Å². The Morgan fingerprint density at radius 1 is 1.37 bits per heavy atom. The Morgan fingerprint density at radius 2 is 2.05 bits per heavy atom. The van der Waals surface area contributed by atoms with Gasteiger partial charge in [-0.25, -0.2) is 4.79 Å². The van der Waals surface area contributed by atoms with Gasteiger partial charge in [-0.15, -0.1) is 0 Å². The van der Waals surface area contributed by atoms with E-state index in [1.165, 1.54) is 12.3 Å². The van der Waals surface area contributed by atoms with Crippen molar-refractivity contribution in [3.8, 4) is 0 Å². The predicted molar refractivity (Wildman–Crippen MR) is 71.9 cm³/mol. The normalized spacial score (nSPS) is 17.9. The summed E-state index contributed by atoms with van der Waals surface area (Å²) in [5.74, 6) is -1.38. The highest BCUT2D eigenvalue weighted by molar-refractivity contribution is 9.10. The van der Waals surface area contributed by atoms with Crippen LogP contribution >= 0.6 is 15.9 Å². The second kappa shape index (κ2) is 6.23. The first-order chi connectivity index (χ1) is 9.09. The van der Waals surface area contributed by atoms with Crippen LogP contribution in [-0.4, -0.2) is 23.0 Å². The van der Waals surface area contributed by atoms with Gasteiger partial charge in [-0.2, -0.15) is 0 Å². The van der Waals surface area contributed by atoms with Gasteiger partial charge in [-0.3, -0.25) is 4.79 Å². The molecule has 1 aromatic heterocycles. The van der Waals surface area contributed by atoms with E-state index in [4.69, 9.17) is 4.42 Å². The van der Waals surface area contributed by atoms with E-state index in [2.05, 4.69) is 21.2 Å². The summed E-state index contributed by atoms with van der Waals surface area (Å²) < 4.78 is 5.30. The van der Waals surface area contributed by atoms with Crippen LogP contribution in [0.25, 0.3) is 0 Å². The topological polar surface area (TPSA) is 79.5 Å². The lowest BCUT2D eigenvalue weighted by molar-refractivity contribution is -0.141. The maximum absolute atomic E-state index is 12.0. The van der Waals surface area contributed by atoms with Crippen LogP contribution in [-0.2, 0) is 4.79 Å². The maximum Gasteiger partial charge on any atom is 0.326 e. The fourth-order valence-corrected chi connectivity index (χ4v) is 2.94. The Bertz CT molecular complexity index is 465. The molecule has 2 N–H and O–H groups in total. The zero-order chi connectivity index (χ0) is 13.8. The van der Waals surface area contributed by atoms with Crippen LogP contribution in [0.1, 0.15) is 42.5 Å². The van der Waals surface area contributed by atoms with E-state index in [1.54, 1.807) is 0 Å². The van der Waals surface area contributed by atoms with Crippen LogP contribution in [0.3, 0.4) is 0 Å². The summed E-state index contributed by atoms with van der Waals surface area (Å²) in [6, 6.07) is 0.689. The number of carboxylic acid groups (broad SMARTS) is 1. The summed E-state index contributed by atoms with van der Waals surface area (Å²) >= 11 is 3.11. The lowest BCUT2D eigenvalue weighted by Crippen LogP contribution is -2.46. The minimum Gasteiger partial charge on any atom is -0.480 e. The minimum absolute atomic E-state index is 0.0147. The molecule has 0 saturated heterocycles. The Morgan fingerprint density at radius 3 is 2.58 bits per heavy atom. The smallest absolute Gasteiger partial charge is 0.326 e. The third kappa shape index (κ3) is 3.37. The molecule has 19 heavy (non-hydrogen) atoms. The highest BCUT2D eigenvalue weighted by Crippen LogP contribution is 2.27. The molecule has 0 aromatic carbocycles. The van der Waals surface area contributed by atoms with Crippen molar-refractivity contribution in [3.05, 3.63) is 22.6 Å². The lowest BCUT2D eigenvalue weighted by atomic mass is 9.84. The highest BCUT2D eigenvalue weighted by atomic mass is 79.9. The molecule has 0 radical (unpaired) electrons. The molecular formula is C13H16BrNO4. The van der Waals surface area contributed by atoms with Gasteiger partial charge >= 0.3 is 5.97 Å². The van der Waals surface area contributed by atoms with Gasteiger partial charge in [-0.1, -0.05) is 19.3 Å². The van der Waals surface area contributed by atoms with Crippen molar-refractivity contribution in [1.82, 2.24) is 5.32 Å². The van der Waals surface area contributed by atoms with E-state index in [1.807, 2.05) is 0 Å². The van der Waals surface area contributed by atoms with Crippen molar-refractivity contribution >= 4 is 27.8 Å². The Balaban J connectivity index is 2.06. The molecule has 1 aromatic rings. The van der Waals surface area contributed by atoms with Crippen LogP contribution in [0, 0.1) is 5.92 Å². The second-order valence-corrected chi connectivity index (χ2v) is 5.52. The van der Waals surface area contributed by atoms with E-state index in [0.29, 0.717) is 10.2 Å². The fourth-order valence-electron chi connectivity index (χ4n) is 2.52. The number of hydrogen-bond donors (Lipinski definition) is 2. The number of amides is 1. The largest absolute Gasteiger partial charge is 0.480 e. The summed E-state index contributed by atoms with van der Waals surface area (Å²) in [7, 11) is 0. The third-order valence-electron chi connectivity index (χ3n) is 3.54. The molecule has 104 valence electrons. The Kier molecular flexibility index (Phi) is 4.63. The third-order valence-corrected chi connectivity index (χ3v) is 4.15. The Hall–Kier alpha value is -1.30. The number of halogens is 1. The van der Waals surface area contributed by atoms with Crippen molar-refractivity contribution in [2.24, 2.45) is 5.92 Å². The molecule has 1 atom stereocenters. The number of furan rings is 1. The second-order valence-electron chi connectivity index (χ2n) is 4.80. The molecular weight excluding hydrogens is 314 g/mol. The van der Waals surface area contributed by atoms with Crippen LogP contribution in [0.2, 0.25) is 0 Å². The molecule has 0 aliphatic heterocycles. The number of carboxylic acids is 1. The number of carbonyl (C=O) groups is 2. The average Bonchev–Trinajstić information content (AvgIpc) is 2.82. The van der Waals surface area contributed by atoms with E-state index < -0.39 is 17.9 Å². The molecule has 0 spiro atoms. The van der Waals surface area contributed by atoms with Crippen molar-refractivity contribution in [2.75, 3.05) is 0 Å². The molecule has 6 heteroatoms. The minimum atomic E-state index is -0.972. The zero-order valence-electron chi connectivity index (χ0n) is 10.4. The predicted octanol–water partition coefficient (Wildman–Crippen LogP) is 2.81. The van der Waals surface area contributed by atoms with Crippen LogP contribution in [0.5, 0.6) is 0 Å². The van der Waals surface area contributed by atoms with E-state index in [0.717, 1.165) is 32.1 Å².